The average Bonchev–Trinajstić information content (AvgIpc) is 2.78. The molecule has 0 aliphatic carbocycles. The third-order valence-electron chi connectivity index (χ3n) is 1.49. The highest BCUT2D eigenvalue weighted by Crippen LogP contribution is 2.00. The van der Waals surface area contributed by atoms with Gasteiger partial charge in [-0.1, -0.05) is 0 Å². The fourth-order valence-corrected chi connectivity index (χ4v) is 1.86. The smallest absolute Gasteiger partial charge is 0.335 e. The molecule has 2 rings (SSSR count). The molecule has 8 heteroatoms. The summed E-state index contributed by atoms with van der Waals surface area (Å²) in [6.45, 7) is 0. The van der Waals surface area contributed by atoms with Gasteiger partial charge in [-0.3, -0.25) is 0 Å². The number of hydrogen-bond acceptors (Lipinski definition) is 5. The summed E-state index contributed by atoms with van der Waals surface area (Å²) >= 11 is 0. The van der Waals surface area contributed by atoms with Gasteiger partial charge in [0.2, 0.25) is 0 Å². The van der Waals surface area contributed by atoms with Gasteiger partial charge in [-0.25, -0.2) is 17.9 Å². The van der Waals surface area contributed by atoms with E-state index in [-0.39, 0.29) is 6.15 Å². The lowest BCUT2D eigenvalue weighted by atomic mass is 11.0. The van der Waals surface area contributed by atoms with E-state index in [0.29, 0.717) is 0 Å². The lowest BCUT2D eigenvalue weighted by molar-refractivity contribution is 0.578. The molecule has 0 aliphatic heterocycles. The van der Waals surface area contributed by atoms with E-state index in [4.69, 9.17) is 0 Å². The van der Waals surface area contributed by atoms with E-state index in [2.05, 4.69) is 9.97 Å². The molecule has 0 atom stereocenters. The van der Waals surface area contributed by atoms with Crippen LogP contribution in [0.3, 0.4) is 0 Å². The molecule has 0 fully saturated rings. The molecular weight excluding hydrogens is 206 g/mol. The summed E-state index contributed by atoms with van der Waals surface area (Å²) in [5.74, 6) is 0. The van der Waals surface area contributed by atoms with Crippen LogP contribution in [0, 0.1) is 0 Å². The predicted molar refractivity (Wildman–Crippen MR) is 49.2 cm³/mol. The summed E-state index contributed by atoms with van der Waals surface area (Å²) in [5, 5.41) is 0. The van der Waals surface area contributed by atoms with E-state index in [9.17, 15) is 8.42 Å². The summed E-state index contributed by atoms with van der Waals surface area (Å²) < 4.78 is 25.2. The Morgan fingerprint density at radius 3 is 1.64 bits per heavy atom. The minimum atomic E-state index is -3.54. The van der Waals surface area contributed by atoms with Crippen molar-refractivity contribution in [2.45, 2.75) is 0 Å². The maximum Gasteiger partial charge on any atom is 0.335 e. The van der Waals surface area contributed by atoms with Crippen LogP contribution in [0.5, 0.6) is 0 Å². The van der Waals surface area contributed by atoms with Crippen molar-refractivity contribution >= 4 is 10.2 Å². The highest BCUT2D eigenvalue weighted by molar-refractivity contribution is 7.88. The molecule has 2 aromatic heterocycles. The first kappa shape index (κ1) is 10.4. The largest absolute Gasteiger partial charge is 0.344 e. The Labute approximate surface area is 80.8 Å². The van der Waals surface area contributed by atoms with Crippen molar-refractivity contribution in [2.24, 2.45) is 0 Å². The van der Waals surface area contributed by atoms with Gasteiger partial charge < -0.3 is 6.15 Å². The molecule has 2 aromatic rings. The minimum Gasteiger partial charge on any atom is -0.344 e. The molecule has 0 aliphatic rings. The lowest BCUT2D eigenvalue weighted by Gasteiger charge is -2.03. The zero-order chi connectivity index (χ0) is 9.31. The standard InChI is InChI=1S/C6H6N4O2S.H3N/c11-13(12,9-3-1-7-5-9)10-4-2-8-6-10;/h1-6H;1H3. The summed E-state index contributed by atoms with van der Waals surface area (Å²) in [4.78, 5) is 7.30. The lowest BCUT2D eigenvalue weighted by Crippen LogP contribution is -2.18. The van der Waals surface area contributed by atoms with Crippen molar-refractivity contribution in [3.05, 3.63) is 37.4 Å². The molecule has 14 heavy (non-hydrogen) atoms. The zero-order valence-corrected chi connectivity index (χ0v) is 8.00. The highest BCUT2D eigenvalue weighted by Gasteiger charge is 2.13. The number of aromatic nitrogens is 4. The van der Waals surface area contributed by atoms with Gasteiger partial charge in [0.1, 0.15) is 12.7 Å². The summed E-state index contributed by atoms with van der Waals surface area (Å²) in [6.07, 6.45) is 7.94. The third-order valence-corrected chi connectivity index (χ3v) is 2.99. The number of nitrogens with zero attached hydrogens (tertiary/aromatic N) is 4. The Morgan fingerprint density at radius 2 is 1.36 bits per heavy atom. The molecular formula is C6H9N5O2S. The van der Waals surface area contributed by atoms with Crippen molar-refractivity contribution in [3.8, 4) is 0 Å². The Bertz CT molecular complexity index is 432. The molecule has 0 amide bonds. The first-order chi connectivity index (χ1) is 6.21. The Morgan fingerprint density at radius 1 is 0.929 bits per heavy atom. The predicted octanol–water partition coefficient (Wildman–Crippen LogP) is -0.117. The van der Waals surface area contributed by atoms with Crippen LogP contribution in [0.15, 0.2) is 37.4 Å². The molecule has 0 radical (unpaired) electrons. The summed E-state index contributed by atoms with van der Waals surface area (Å²) in [7, 11) is -3.54. The molecule has 0 unspecified atom stereocenters. The van der Waals surface area contributed by atoms with E-state index in [0.717, 1.165) is 7.94 Å². The second-order valence-electron chi connectivity index (χ2n) is 2.29. The fourth-order valence-electron chi connectivity index (χ4n) is 0.876. The number of rotatable bonds is 2. The van der Waals surface area contributed by atoms with Gasteiger partial charge >= 0.3 is 10.2 Å². The van der Waals surface area contributed by atoms with Gasteiger partial charge in [-0.05, 0) is 0 Å². The molecule has 2 heterocycles. The Kier molecular flexibility index (Phi) is 2.68. The number of hydrogen-bond donors (Lipinski definition) is 1. The second kappa shape index (κ2) is 3.60. The maximum atomic E-state index is 11.6. The monoisotopic (exact) mass is 215 g/mol. The molecule has 0 saturated heterocycles. The van der Waals surface area contributed by atoms with Gasteiger partial charge in [0.25, 0.3) is 0 Å². The van der Waals surface area contributed by atoms with Crippen molar-refractivity contribution in [1.29, 1.82) is 0 Å². The molecule has 0 spiro atoms. The molecule has 3 N–H and O–H groups in total. The van der Waals surface area contributed by atoms with Crippen LogP contribution in [0.1, 0.15) is 0 Å². The van der Waals surface area contributed by atoms with E-state index in [1.54, 1.807) is 0 Å². The normalized spacial score (nSPS) is 10.9. The van der Waals surface area contributed by atoms with Crippen molar-refractivity contribution < 1.29 is 8.42 Å². The highest BCUT2D eigenvalue weighted by atomic mass is 32.2. The molecule has 76 valence electrons. The Hall–Kier alpha value is -1.67. The summed E-state index contributed by atoms with van der Waals surface area (Å²) in [6, 6.07) is 0. The van der Waals surface area contributed by atoms with Crippen LogP contribution >= 0.6 is 0 Å². The van der Waals surface area contributed by atoms with Crippen LogP contribution < -0.4 is 6.15 Å². The summed E-state index contributed by atoms with van der Waals surface area (Å²) in [5.41, 5.74) is 0. The third kappa shape index (κ3) is 1.52. The van der Waals surface area contributed by atoms with E-state index >= 15 is 0 Å². The van der Waals surface area contributed by atoms with E-state index < -0.39 is 10.2 Å². The van der Waals surface area contributed by atoms with E-state index in [1.807, 2.05) is 0 Å². The van der Waals surface area contributed by atoms with Crippen molar-refractivity contribution in [1.82, 2.24) is 24.1 Å². The van der Waals surface area contributed by atoms with Gasteiger partial charge in [0.15, 0.2) is 0 Å². The van der Waals surface area contributed by atoms with Gasteiger partial charge in [-0.2, -0.15) is 8.42 Å². The van der Waals surface area contributed by atoms with Gasteiger partial charge in [0.05, 0.1) is 0 Å². The first-order valence-corrected chi connectivity index (χ1v) is 4.83. The van der Waals surface area contributed by atoms with Crippen molar-refractivity contribution in [3.63, 3.8) is 0 Å². The van der Waals surface area contributed by atoms with Crippen LogP contribution in [-0.4, -0.2) is 26.3 Å². The molecule has 0 bridgehead atoms. The van der Waals surface area contributed by atoms with Crippen LogP contribution in [0.2, 0.25) is 0 Å². The maximum absolute atomic E-state index is 11.6. The van der Waals surface area contributed by atoms with Gasteiger partial charge in [0, 0.05) is 24.8 Å². The zero-order valence-electron chi connectivity index (χ0n) is 7.18. The second-order valence-corrected chi connectivity index (χ2v) is 4.03. The quantitative estimate of drug-likeness (QED) is 0.752. The number of imidazole rings is 2. The van der Waals surface area contributed by atoms with E-state index in [1.165, 1.54) is 37.4 Å². The fraction of sp³-hybridized carbons (Fsp3) is 0. The molecule has 0 saturated carbocycles. The van der Waals surface area contributed by atoms with Crippen LogP contribution in [0.25, 0.3) is 0 Å². The Balaban J connectivity index is 0.000000980. The SMILES string of the molecule is N.O=S(=O)(n1ccnc1)n1ccnc1. The first-order valence-electron chi connectivity index (χ1n) is 3.43. The topological polar surface area (TPSA) is 105 Å². The molecule has 0 aromatic carbocycles. The minimum absolute atomic E-state index is 0. The van der Waals surface area contributed by atoms with Crippen molar-refractivity contribution in [2.75, 3.05) is 0 Å². The van der Waals surface area contributed by atoms with Crippen LogP contribution in [-0.2, 0) is 10.2 Å². The van der Waals surface area contributed by atoms with Crippen LogP contribution in [0.4, 0.5) is 0 Å². The molecule has 7 nitrogen and oxygen atoms in total. The average molecular weight is 215 g/mol. The van der Waals surface area contributed by atoms with Gasteiger partial charge in [-0.15, -0.1) is 0 Å².